The van der Waals surface area contributed by atoms with Crippen LogP contribution in [0.3, 0.4) is 0 Å². The van der Waals surface area contributed by atoms with Crippen LogP contribution >= 0.6 is 123 Å². The van der Waals surface area contributed by atoms with Crippen LogP contribution in [-0.2, 0) is 51.8 Å². The van der Waals surface area contributed by atoms with Gasteiger partial charge in [-0.25, -0.2) is 0 Å². The summed E-state index contributed by atoms with van der Waals surface area (Å²) >= 11 is 38.1. The number of hydrogen-bond acceptors (Lipinski definition) is 2. The molecule has 0 unspecified atom stereocenters. The van der Waals surface area contributed by atoms with Crippen molar-refractivity contribution in [1.82, 2.24) is 0 Å². The minimum atomic E-state index is -2.28. The fraction of sp³-hybridized carbons (Fsp3) is 0.0952. The summed E-state index contributed by atoms with van der Waals surface area (Å²) < 4.78 is 0. The van der Waals surface area contributed by atoms with Crippen molar-refractivity contribution in [1.29, 1.82) is 0 Å². The molecule has 12 aromatic rings. The van der Waals surface area contributed by atoms with Gasteiger partial charge in [0.15, 0.2) is 0 Å². The van der Waals surface area contributed by atoms with Gasteiger partial charge in [0.2, 0.25) is 0 Å². The summed E-state index contributed by atoms with van der Waals surface area (Å²) in [6.07, 6.45) is 4.08. The largest absolute Gasteiger partial charge is 2.00 e. The molecular formula is C84H76Cl12O4P4Re2-10. The van der Waals surface area contributed by atoms with E-state index in [1.165, 1.54) is 63.7 Å². The van der Waals surface area contributed by atoms with Crippen LogP contribution in [0.5, 0.6) is 0 Å². The van der Waals surface area contributed by atoms with Gasteiger partial charge >= 0.3 is 0 Å². The quantitative estimate of drug-likeness (QED) is 0.0548. The Labute approximate surface area is 724 Å². The Morgan fingerprint density at radius 2 is 0.358 bits per heavy atom. The topological polar surface area (TPSA) is 103 Å². The third-order valence-corrected chi connectivity index (χ3v) is 27.4. The fourth-order valence-electron chi connectivity index (χ4n) is 10.6. The molecule has 0 saturated heterocycles. The van der Waals surface area contributed by atoms with Gasteiger partial charge in [-0.1, -0.05) is 291 Å². The molecule has 12 aromatic carbocycles. The molecule has 0 bridgehead atoms. The first-order chi connectivity index (χ1) is 48.2. The standard InChI is InChI=1S/C44H38O2P2.2C18H15P.4CH2Cl2.4ClH.2O.2Re/c45-43(33-19-35-47(37-21-7-1-8-22-37,38-23-9-2-10-24-38)39-25-11-3-12-26-39)44(46)34-20-36-48(40-27-13-4-14-28-40,41-29-15-5-16-30-41)42-31-17-6-18-32-42;2*1-4-10-16(11-5-1)19(17-12-6-2-7-13-17)18-14-8-3-9-15-18;4*2-1-3;;;;;;;;/h1-18,21-32,35-36,43-44H,33-34H2;2*1-15H;4*1H2;4*1H;;;;/q-2;;;;;;;;;;;2*-2;;/p-4/t43-,44-;;;;;;;;;;;;;;/m0............../s1. The number of alkyl halides is 8. The first-order valence-corrected chi connectivity index (χ1v) is 41.8. The smallest absolute Gasteiger partial charge is 0.106 e. The summed E-state index contributed by atoms with van der Waals surface area (Å²) in [6.45, 7) is 0. The Morgan fingerprint density at radius 3 is 0.481 bits per heavy atom. The summed E-state index contributed by atoms with van der Waals surface area (Å²) in [5.41, 5.74) is 0. The average Bonchev–Trinajstić information content (AvgIpc) is 0.764. The van der Waals surface area contributed by atoms with E-state index in [9.17, 15) is 10.2 Å². The molecule has 0 N–H and O–H groups in total. The van der Waals surface area contributed by atoms with Gasteiger partial charge in [0.1, 0.15) is 46.4 Å². The number of halogens is 12. The SMILES string of the molecule is ClCCl.ClCCl.ClCCl.ClCCl.[Cl-].[Cl-].[Cl-].[Cl-].[O-2].[O-2].[O-][C@@H](C[C-]=C[P+](c1ccccc1)(c1ccccc1)c1ccccc1)[C@@H]([O-])C[C-]=C[P+](c1ccccc1)(c1ccccc1)c1ccccc1.[Re].[Re].c1ccc(P(c2ccccc2)c2ccccc2)cc1.c1ccc(P(c2ccccc2)c2ccccc2)cc1. The Hall–Kier alpha value is -3.52. The van der Waals surface area contributed by atoms with E-state index < -0.39 is 42.6 Å². The molecule has 0 spiro atoms. The van der Waals surface area contributed by atoms with Crippen LogP contribution in [-0.4, -0.2) is 33.6 Å². The minimum absolute atomic E-state index is 0. The van der Waals surface area contributed by atoms with Crippen LogP contribution in [0.25, 0.3) is 0 Å². The molecular weight excluding hydrogens is 1990 g/mol. The monoisotopic (exact) mass is 2070 g/mol. The van der Waals surface area contributed by atoms with E-state index in [0.717, 1.165) is 0 Å². The van der Waals surface area contributed by atoms with Gasteiger partial charge in [-0.3, -0.25) is 0 Å². The molecule has 0 aliphatic heterocycles. The molecule has 2 radical (unpaired) electrons. The van der Waals surface area contributed by atoms with E-state index in [1.54, 1.807) is 0 Å². The van der Waals surface area contributed by atoms with Crippen molar-refractivity contribution in [3.05, 3.63) is 388 Å². The molecule has 0 amide bonds. The summed E-state index contributed by atoms with van der Waals surface area (Å²) in [6, 6.07) is 127. The number of benzene rings is 12. The molecule has 0 fully saturated rings. The van der Waals surface area contributed by atoms with Crippen molar-refractivity contribution in [2.75, 3.05) is 21.4 Å². The zero-order chi connectivity index (χ0) is 69.7. The Kier molecular flexibility index (Phi) is 64.4. The third kappa shape index (κ3) is 34.2. The number of hydrogen-bond donors (Lipinski definition) is 0. The minimum Gasteiger partial charge on any atom is -2.00 e. The van der Waals surface area contributed by atoms with Gasteiger partial charge in [-0.2, -0.15) is 25.0 Å². The van der Waals surface area contributed by atoms with E-state index in [1.807, 2.05) is 36.4 Å². The van der Waals surface area contributed by atoms with Gasteiger partial charge in [0, 0.05) is 40.8 Å². The fourth-order valence-corrected chi connectivity index (χ4v) is 22.5. The van der Waals surface area contributed by atoms with Crippen molar-refractivity contribution in [2.45, 2.75) is 25.0 Å². The zero-order valence-corrected chi connectivity index (χ0v) is 75.0. The van der Waals surface area contributed by atoms with E-state index in [2.05, 4.69) is 351 Å². The van der Waals surface area contributed by atoms with Gasteiger partial charge < -0.3 is 82.9 Å². The Bertz CT molecular complexity index is 3380. The second-order valence-electron chi connectivity index (χ2n) is 20.7. The van der Waals surface area contributed by atoms with Gasteiger partial charge in [0.05, 0.1) is 21.4 Å². The first kappa shape index (κ1) is 107. The van der Waals surface area contributed by atoms with Gasteiger partial charge in [0.25, 0.3) is 0 Å². The maximum Gasteiger partial charge on any atom is 0.106 e. The second-order valence-corrected chi connectivity index (χ2v) is 34.9. The van der Waals surface area contributed by atoms with Crippen molar-refractivity contribution in [3.63, 3.8) is 0 Å². The maximum atomic E-state index is 13.5. The summed E-state index contributed by atoms with van der Waals surface area (Å²) in [5.74, 6) is 4.20. The number of rotatable bonds is 19. The van der Waals surface area contributed by atoms with Crippen LogP contribution < -0.4 is 123 Å². The van der Waals surface area contributed by atoms with Crippen molar-refractivity contribution < 1.29 is 112 Å². The van der Waals surface area contributed by atoms with Crippen LogP contribution in [0.15, 0.2) is 376 Å². The molecule has 0 saturated carbocycles. The Morgan fingerprint density at radius 1 is 0.245 bits per heavy atom. The molecule has 0 aliphatic rings. The van der Waals surface area contributed by atoms with Gasteiger partial charge in [-0.15, -0.1) is 104 Å². The molecule has 0 heterocycles. The summed E-state index contributed by atoms with van der Waals surface area (Å²) in [7, 11) is -5.45. The second kappa shape index (κ2) is 64.1. The molecule has 2 atom stereocenters. The van der Waals surface area contributed by atoms with Crippen LogP contribution in [0.2, 0.25) is 0 Å². The van der Waals surface area contributed by atoms with Crippen LogP contribution in [0.4, 0.5) is 0 Å². The molecule has 12 rings (SSSR count). The zero-order valence-electron chi connectivity index (χ0n) is 56.9. The molecule has 106 heavy (non-hydrogen) atoms. The van der Waals surface area contributed by atoms with E-state index in [0.29, 0.717) is 0 Å². The normalized spacial score (nSPS) is 10.6. The van der Waals surface area contributed by atoms with E-state index in [4.69, 9.17) is 92.8 Å². The van der Waals surface area contributed by atoms with Crippen molar-refractivity contribution >= 4 is 187 Å². The summed E-state index contributed by atoms with van der Waals surface area (Å²) in [4.78, 5) is 0. The molecule has 22 heteroatoms. The predicted molar refractivity (Wildman–Crippen MR) is 441 cm³/mol. The molecule has 0 aliphatic carbocycles. The Balaban J connectivity index is -0.00000152. The van der Waals surface area contributed by atoms with E-state index in [-0.39, 0.29) is 136 Å². The van der Waals surface area contributed by atoms with E-state index >= 15 is 0 Å². The first-order valence-electron chi connectivity index (χ1n) is 31.2. The molecule has 4 nitrogen and oxygen atoms in total. The molecule has 0 aromatic heterocycles. The van der Waals surface area contributed by atoms with Gasteiger partial charge in [-0.05, 0) is 120 Å². The third-order valence-electron chi connectivity index (χ3n) is 14.7. The summed E-state index contributed by atoms with van der Waals surface area (Å²) in [5, 5.41) is 43.1. The maximum absolute atomic E-state index is 13.5. The average molecular weight is 2070 g/mol. The van der Waals surface area contributed by atoms with Crippen molar-refractivity contribution in [2.24, 2.45) is 0 Å². The van der Waals surface area contributed by atoms with Crippen molar-refractivity contribution in [3.8, 4) is 0 Å². The molecule has 564 valence electrons. The van der Waals surface area contributed by atoms with Crippen LogP contribution in [0.1, 0.15) is 12.8 Å². The predicted octanol–water partition coefficient (Wildman–Crippen LogP) is 6.20. The van der Waals surface area contributed by atoms with Crippen LogP contribution in [0, 0.1) is 12.2 Å².